The van der Waals surface area contributed by atoms with E-state index in [2.05, 4.69) is 25.6 Å². The van der Waals surface area contributed by atoms with E-state index in [-0.39, 0.29) is 10.7 Å². The van der Waals surface area contributed by atoms with Gasteiger partial charge in [-0.2, -0.15) is 0 Å². The molecule has 0 spiro atoms. The first-order valence-electron chi connectivity index (χ1n) is 5.08. The molecule has 0 saturated heterocycles. The Balaban J connectivity index is 2.37. The van der Waals surface area contributed by atoms with Crippen LogP contribution in [-0.4, -0.2) is 13.4 Å². The number of pyridine rings is 1. The molecule has 0 saturated carbocycles. The maximum Gasteiger partial charge on any atom is 0.264 e. The fourth-order valence-corrected chi connectivity index (χ4v) is 3.36. The predicted molar refractivity (Wildman–Crippen MR) is 73.6 cm³/mol. The SMILES string of the molecule is Nc1ccc(Br)c(S(=O)(=O)Nc2ccc(F)cn2)c1. The van der Waals surface area contributed by atoms with E-state index in [4.69, 9.17) is 5.73 Å². The van der Waals surface area contributed by atoms with Crippen LogP contribution in [0.3, 0.4) is 0 Å². The molecule has 0 radical (unpaired) electrons. The Kier molecular flexibility index (Phi) is 3.72. The standard InChI is InChI=1S/C11H9BrFN3O2S/c12-9-3-2-8(14)5-10(9)19(17,18)16-11-4-1-7(13)6-15-11/h1-6H,14H2,(H,15,16). The number of hydrogen-bond donors (Lipinski definition) is 2. The van der Waals surface area contributed by atoms with Crippen LogP contribution in [0.25, 0.3) is 0 Å². The van der Waals surface area contributed by atoms with E-state index in [0.717, 1.165) is 12.3 Å². The minimum atomic E-state index is -3.84. The number of halogens is 2. The van der Waals surface area contributed by atoms with Crippen molar-refractivity contribution in [2.24, 2.45) is 0 Å². The third-order valence-electron chi connectivity index (χ3n) is 2.21. The normalized spacial score (nSPS) is 11.3. The zero-order valence-electron chi connectivity index (χ0n) is 9.47. The lowest BCUT2D eigenvalue weighted by atomic mass is 10.3. The van der Waals surface area contributed by atoms with Gasteiger partial charge in [-0.3, -0.25) is 4.72 Å². The van der Waals surface area contributed by atoms with E-state index in [9.17, 15) is 12.8 Å². The number of hydrogen-bond acceptors (Lipinski definition) is 4. The maximum atomic E-state index is 12.7. The molecule has 0 fully saturated rings. The summed E-state index contributed by atoms with van der Waals surface area (Å²) in [5.41, 5.74) is 5.87. The van der Waals surface area contributed by atoms with Crippen molar-refractivity contribution >= 4 is 37.5 Å². The molecule has 100 valence electrons. The predicted octanol–water partition coefficient (Wildman–Crippen LogP) is 2.37. The fourth-order valence-electron chi connectivity index (χ4n) is 1.35. The van der Waals surface area contributed by atoms with E-state index >= 15 is 0 Å². The van der Waals surface area contributed by atoms with Gasteiger partial charge in [-0.15, -0.1) is 0 Å². The molecule has 8 heteroatoms. The Hall–Kier alpha value is -1.67. The number of benzene rings is 1. The lowest BCUT2D eigenvalue weighted by molar-refractivity contribution is 0.600. The summed E-state index contributed by atoms with van der Waals surface area (Å²) in [6, 6.07) is 6.75. The quantitative estimate of drug-likeness (QED) is 0.836. The van der Waals surface area contributed by atoms with Crippen molar-refractivity contribution in [1.29, 1.82) is 0 Å². The van der Waals surface area contributed by atoms with Crippen LogP contribution >= 0.6 is 15.9 Å². The van der Waals surface area contributed by atoms with Crippen LogP contribution in [-0.2, 0) is 10.0 Å². The van der Waals surface area contributed by atoms with Crippen LogP contribution in [0, 0.1) is 5.82 Å². The van der Waals surface area contributed by atoms with Gasteiger partial charge < -0.3 is 5.73 Å². The van der Waals surface area contributed by atoms with Crippen molar-refractivity contribution in [3.63, 3.8) is 0 Å². The van der Waals surface area contributed by atoms with Crippen molar-refractivity contribution in [1.82, 2.24) is 4.98 Å². The van der Waals surface area contributed by atoms with Gasteiger partial charge >= 0.3 is 0 Å². The second-order valence-corrected chi connectivity index (χ2v) is 6.16. The van der Waals surface area contributed by atoms with Gasteiger partial charge in [-0.25, -0.2) is 17.8 Å². The minimum Gasteiger partial charge on any atom is -0.399 e. The molecular weight excluding hydrogens is 337 g/mol. The van der Waals surface area contributed by atoms with Crippen molar-refractivity contribution in [2.45, 2.75) is 4.90 Å². The first kappa shape index (κ1) is 13.8. The summed E-state index contributed by atoms with van der Waals surface area (Å²) in [5.74, 6) is -0.524. The van der Waals surface area contributed by atoms with E-state index < -0.39 is 15.8 Å². The first-order valence-corrected chi connectivity index (χ1v) is 7.35. The van der Waals surface area contributed by atoms with E-state index in [1.807, 2.05) is 0 Å². The minimum absolute atomic E-state index is 0.0152. The third-order valence-corrected chi connectivity index (χ3v) is 4.56. The highest BCUT2D eigenvalue weighted by molar-refractivity contribution is 9.10. The van der Waals surface area contributed by atoms with Crippen LogP contribution < -0.4 is 10.5 Å². The molecule has 2 aromatic rings. The smallest absolute Gasteiger partial charge is 0.264 e. The Morgan fingerprint density at radius 1 is 1.26 bits per heavy atom. The van der Waals surface area contributed by atoms with Crippen molar-refractivity contribution in [3.8, 4) is 0 Å². The Bertz CT molecular complexity index is 704. The van der Waals surface area contributed by atoms with Gasteiger partial charge in [-0.05, 0) is 46.3 Å². The summed E-state index contributed by atoms with van der Waals surface area (Å²) < 4.78 is 39.6. The Morgan fingerprint density at radius 3 is 2.63 bits per heavy atom. The number of nitrogens with two attached hydrogens (primary N) is 1. The number of nitrogens with zero attached hydrogens (tertiary/aromatic N) is 1. The average molecular weight is 346 g/mol. The molecule has 0 aliphatic heterocycles. The summed E-state index contributed by atoms with van der Waals surface area (Å²) in [6.45, 7) is 0. The van der Waals surface area contributed by atoms with E-state index in [1.165, 1.54) is 18.2 Å². The molecule has 1 aromatic carbocycles. The van der Waals surface area contributed by atoms with E-state index in [0.29, 0.717) is 10.2 Å². The average Bonchev–Trinajstić information content (AvgIpc) is 2.35. The molecule has 3 N–H and O–H groups in total. The van der Waals surface area contributed by atoms with Gasteiger partial charge in [-0.1, -0.05) is 0 Å². The van der Waals surface area contributed by atoms with Gasteiger partial charge in [0.1, 0.15) is 16.5 Å². The van der Waals surface area contributed by atoms with Crippen molar-refractivity contribution in [3.05, 3.63) is 46.8 Å². The number of sulfonamides is 1. The topological polar surface area (TPSA) is 85.1 Å². The highest BCUT2D eigenvalue weighted by Gasteiger charge is 2.18. The third kappa shape index (κ3) is 3.21. The number of nitrogens with one attached hydrogen (secondary N) is 1. The molecule has 0 atom stereocenters. The lowest BCUT2D eigenvalue weighted by Crippen LogP contribution is -2.14. The molecule has 19 heavy (non-hydrogen) atoms. The van der Waals surface area contributed by atoms with Gasteiger partial charge in [0, 0.05) is 10.2 Å². The highest BCUT2D eigenvalue weighted by Crippen LogP contribution is 2.25. The maximum absolute atomic E-state index is 12.7. The largest absolute Gasteiger partial charge is 0.399 e. The number of nitrogen functional groups attached to an aromatic ring is 1. The van der Waals surface area contributed by atoms with Crippen LogP contribution in [0.1, 0.15) is 0 Å². The summed E-state index contributed by atoms with van der Waals surface area (Å²) in [5, 5.41) is 0. The highest BCUT2D eigenvalue weighted by atomic mass is 79.9. The van der Waals surface area contributed by atoms with Gasteiger partial charge in [0.2, 0.25) is 0 Å². The van der Waals surface area contributed by atoms with Crippen molar-refractivity contribution < 1.29 is 12.8 Å². The monoisotopic (exact) mass is 345 g/mol. The lowest BCUT2D eigenvalue weighted by Gasteiger charge is -2.09. The van der Waals surface area contributed by atoms with Gasteiger partial charge in [0.05, 0.1) is 6.20 Å². The first-order chi connectivity index (χ1) is 8.88. The molecule has 0 bridgehead atoms. The van der Waals surface area contributed by atoms with Gasteiger partial charge in [0.25, 0.3) is 10.0 Å². The molecule has 0 amide bonds. The van der Waals surface area contributed by atoms with Crippen molar-refractivity contribution in [2.75, 3.05) is 10.5 Å². The molecule has 2 rings (SSSR count). The number of rotatable bonds is 3. The van der Waals surface area contributed by atoms with Crippen LogP contribution in [0.4, 0.5) is 15.9 Å². The Labute approximate surface area is 117 Å². The zero-order valence-corrected chi connectivity index (χ0v) is 11.9. The molecule has 0 aliphatic rings. The molecule has 0 aliphatic carbocycles. The number of aromatic nitrogens is 1. The summed E-state index contributed by atoms with van der Waals surface area (Å²) in [4.78, 5) is 3.61. The summed E-state index contributed by atoms with van der Waals surface area (Å²) >= 11 is 3.14. The molecular formula is C11H9BrFN3O2S. The van der Waals surface area contributed by atoms with Crippen LogP contribution in [0.2, 0.25) is 0 Å². The second-order valence-electron chi connectivity index (χ2n) is 3.66. The molecule has 1 heterocycles. The summed E-state index contributed by atoms with van der Waals surface area (Å²) in [6.07, 6.45) is 0.923. The zero-order chi connectivity index (χ0) is 14.0. The van der Waals surface area contributed by atoms with Gasteiger partial charge in [0.15, 0.2) is 0 Å². The second kappa shape index (κ2) is 5.14. The molecule has 0 unspecified atom stereocenters. The Morgan fingerprint density at radius 2 is 2.00 bits per heavy atom. The van der Waals surface area contributed by atoms with E-state index in [1.54, 1.807) is 6.07 Å². The number of anilines is 2. The fraction of sp³-hybridized carbons (Fsp3) is 0. The molecule has 1 aromatic heterocycles. The van der Waals surface area contributed by atoms with Crippen LogP contribution in [0.5, 0.6) is 0 Å². The van der Waals surface area contributed by atoms with Crippen LogP contribution in [0.15, 0.2) is 45.9 Å². The summed E-state index contributed by atoms with van der Waals surface area (Å²) in [7, 11) is -3.84. The molecule has 5 nitrogen and oxygen atoms in total.